The number of rotatable bonds is 3. The van der Waals surface area contributed by atoms with Gasteiger partial charge in [-0.2, -0.15) is 0 Å². The Bertz CT molecular complexity index is 378. The van der Waals surface area contributed by atoms with Gasteiger partial charge in [-0.25, -0.2) is 4.39 Å². The van der Waals surface area contributed by atoms with Gasteiger partial charge in [-0.3, -0.25) is 4.90 Å². The molecule has 0 spiro atoms. The number of benzene rings is 1. The minimum Gasteiger partial charge on any atom is -0.394 e. The summed E-state index contributed by atoms with van der Waals surface area (Å²) in [7, 11) is 0. The molecule has 0 radical (unpaired) electrons. The molecule has 1 atom stereocenters. The van der Waals surface area contributed by atoms with Gasteiger partial charge in [0.1, 0.15) is 5.82 Å². The molecule has 1 aliphatic heterocycles. The van der Waals surface area contributed by atoms with E-state index in [2.05, 4.69) is 10.2 Å². The standard InChI is InChI=1S/C13H19FN2O/c1-10-8-11(14)2-3-12(10)13(9-17)16-6-4-15-5-7-16/h2-3,8,13,15,17H,4-7,9H2,1H3/t13-/m0/s1. The number of halogens is 1. The van der Waals surface area contributed by atoms with Gasteiger partial charge >= 0.3 is 0 Å². The van der Waals surface area contributed by atoms with E-state index >= 15 is 0 Å². The molecule has 2 N–H and O–H groups in total. The molecule has 0 saturated carbocycles. The summed E-state index contributed by atoms with van der Waals surface area (Å²) in [5, 5.41) is 12.9. The van der Waals surface area contributed by atoms with Gasteiger partial charge in [-0.05, 0) is 30.2 Å². The Hall–Kier alpha value is -0.970. The lowest BCUT2D eigenvalue weighted by Crippen LogP contribution is -2.46. The molecule has 4 heteroatoms. The quantitative estimate of drug-likeness (QED) is 0.827. The Balaban J connectivity index is 2.21. The molecule has 2 rings (SSSR count). The molecule has 0 unspecified atom stereocenters. The molecule has 1 fully saturated rings. The number of piperazine rings is 1. The van der Waals surface area contributed by atoms with Crippen molar-refractivity contribution in [2.45, 2.75) is 13.0 Å². The van der Waals surface area contributed by atoms with Crippen LogP contribution in [-0.2, 0) is 0 Å². The SMILES string of the molecule is Cc1cc(F)ccc1[C@H](CO)N1CCNCC1. The van der Waals surface area contributed by atoms with Gasteiger partial charge in [-0.15, -0.1) is 0 Å². The Morgan fingerprint density at radius 3 is 2.71 bits per heavy atom. The monoisotopic (exact) mass is 238 g/mol. The van der Waals surface area contributed by atoms with Crippen LogP contribution in [-0.4, -0.2) is 42.8 Å². The van der Waals surface area contributed by atoms with Crippen molar-refractivity contribution < 1.29 is 9.50 Å². The zero-order valence-electron chi connectivity index (χ0n) is 10.1. The fraction of sp³-hybridized carbons (Fsp3) is 0.538. The van der Waals surface area contributed by atoms with Crippen molar-refractivity contribution in [1.82, 2.24) is 10.2 Å². The van der Waals surface area contributed by atoms with E-state index in [-0.39, 0.29) is 18.5 Å². The number of aliphatic hydroxyl groups is 1. The second kappa shape index (κ2) is 5.58. The van der Waals surface area contributed by atoms with E-state index in [0.29, 0.717) is 0 Å². The molecule has 1 aromatic carbocycles. The third-order valence-electron chi connectivity index (χ3n) is 3.36. The van der Waals surface area contributed by atoms with Crippen molar-refractivity contribution in [1.29, 1.82) is 0 Å². The molecule has 94 valence electrons. The van der Waals surface area contributed by atoms with Gasteiger partial charge in [0.05, 0.1) is 12.6 Å². The average molecular weight is 238 g/mol. The number of hydrogen-bond donors (Lipinski definition) is 2. The minimum atomic E-state index is -0.219. The zero-order valence-corrected chi connectivity index (χ0v) is 10.1. The molecule has 0 aromatic heterocycles. The molecular formula is C13H19FN2O. The molecular weight excluding hydrogens is 219 g/mol. The lowest BCUT2D eigenvalue weighted by Gasteiger charge is -2.34. The maximum Gasteiger partial charge on any atom is 0.123 e. The highest BCUT2D eigenvalue weighted by molar-refractivity contribution is 5.29. The van der Waals surface area contributed by atoms with Crippen LogP contribution in [0.5, 0.6) is 0 Å². The number of nitrogens with zero attached hydrogens (tertiary/aromatic N) is 1. The largest absolute Gasteiger partial charge is 0.394 e. The van der Waals surface area contributed by atoms with Crippen molar-refractivity contribution >= 4 is 0 Å². The Morgan fingerprint density at radius 1 is 1.41 bits per heavy atom. The van der Waals surface area contributed by atoms with Crippen LogP contribution < -0.4 is 5.32 Å². The summed E-state index contributed by atoms with van der Waals surface area (Å²) in [5.41, 5.74) is 1.93. The minimum absolute atomic E-state index is 0.0160. The zero-order chi connectivity index (χ0) is 12.3. The summed E-state index contributed by atoms with van der Waals surface area (Å²) in [6, 6.07) is 4.76. The molecule has 17 heavy (non-hydrogen) atoms. The summed E-state index contributed by atoms with van der Waals surface area (Å²) in [4.78, 5) is 2.25. The summed E-state index contributed by atoms with van der Waals surface area (Å²) >= 11 is 0. The summed E-state index contributed by atoms with van der Waals surface area (Å²) < 4.78 is 13.1. The fourth-order valence-corrected chi connectivity index (χ4v) is 2.42. The third-order valence-corrected chi connectivity index (χ3v) is 3.36. The third kappa shape index (κ3) is 2.83. The van der Waals surface area contributed by atoms with E-state index in [1.807, 2.05) is 6.92 Å². The van der Waals surface area contributed by atoms with E-state index in [1.54, 1.807) is 6.07 Å². The van der Waals surface area contributed by atoms with E-state index in [0.717, 1.165) is 37.3 Å². The highest BCUT2D eigenvalue weighted by Gasteiger charge is 2.22. The van der Waals surface area contributed by atoms with E-state index in [9.17, 15) is 9.50 Å². The first kappa shape index (κ1) is 12.5. The van der Waals surface area contributed by atoms with Crippen molar-refractivity contribution in [3.63, 3.8) is 0 Å². The van der Waals surface area contributed by atoms with Crippen molar-refractivity contribution in [3.05, 3.63) is 35.1 Å². The molecule has 1 aliphatic rings. The van der Waals surface area contributed by atoms with Crippen LogP contribution in [0.2, 0.25) is 0 Å². The topological polar surface area (TPSA) is 35.5 Å². The molecule has 0 aliphatic carbocycles. The van der Waals surface area contributed by atoms with Crippen LogP contribution in [0.1, 0.15) is 17.2 Å². The summed E-state index contributed by atoms with van der Waals surface area (Å²) in [5.74, 6) is -0.219. The number of aryl methyl sites for hydroxylation is 1. The molecule has 0 amide bonds. The molecule has 1 aromatic rings. The number of hydrogen-bond acceptors (Lipinski definition) is 3. The highest BCUT2D eigenvalue weighted by atomic mass is 19.1. The summed E-state index contributed by atoms with van der Waals surface area (Å²) in [6.45, 7) is 5.69. The first-order valence-electron chi connectivity index (χ1n) is 6.04. The Labute approximate surface area is 101 Å². The van der Waals surface area contributed by atoms with Crippen molar-refractivity contribution in [3.8, 4) is 0 Å². The van der Waals surface area contributed by atoms with E-state index in [1.165, 1.54) is 12.1 Å². The van der Waals surface area contributed by atoms with Gasteiger partial charge in [-0.1, -0.05) is 6.07 Å². The van der Waals surface area contributed by atoms with Gasteiger partial charge in [0, 0.05) is 26.2 Å². The fourth-order valence-electron chi connectivity index (χ4n) is 2.42. The number of aliphatic hydroxyl groups excluding tert-OH is 1. The Morgan fingerprint density at radius 2 is 2.12 bits per heavy atom. The number of nitrogens with one attached hydrogen (secondary N) is 1. The van der Waals surface area contributed by atoms with E-state index in [4.69, 9.17) is 0 Å². The van der Waals surface area contributed by atoms with Gasteiger partial charge in [0.2, 0.25) is 0 Å². The predicted octanol–water partition coefficient (Wildman–Crippen LogP) is 1.07. The first-order valence-corrected chi connectivity index (χ1v) is 6.04. The van der Waals surface area contributed by atoms with Gasteiger partial charge in [0.25, 0.3) is 0 Å². The molecule has 1 saturated heterocycles. The average Bonchev–Trinajstić information content (AvgIpc) is 2.34. The maximum atomic E-state index is 13.1. The highest BCUT2D eigenvalue weighted by Crippen LogP contribution is 2.24. The molecule has 1 heterocycles. The van der Waals surface area contributed by atoms with Crippen LogP contribution >= 0.6 is 0 Å². The Kier molecular flexibility index (Phi) is 4.10. The predicted molar refractivity (Wildman–Crippen MR) is 65.4 cm³/mol. The van der Waals surface area contributed by atoms with Crippen LogP contribution in [0.15, 0.2) is 18.2 Å². The van der Waals surface area contributed by atoms with Gasteiger partial charge < -0.3 is 10.4 Å². The maximum absolute atomic E-state index is 13.1. The van der Waals surface area contributed by atoms with Crippen molar-refractivity contribution in [2.75, 3.05) is 32.8 Å². The second-order valence-corrected chi connectivity index (χ2v) is 4.49. The van der Waals surface area contributed by atoms with Crippen molar-refractivity contribution in [2.24, 2.45) is 0 Å². The van der Waals surface area contributed by atoms with Crippen LogP contribution in [0.25, 0.3) is 0 Å². The van der Waals surface area contributed by atoms with Crippen LogP contribution in [0, 0.1) is 12.7 Å². The smallest absolute Gasteiger partial charge is 0.123 e. The first-order chi connectivity index (χ1) is 8.22. The lowest BCUT2D eigenvalue weighted by molar-refractivity contribution is 0.110. The van der Waals surface area contributed by atoms with Crippen LogP contribution in [0.4, 0.5) is 4.39 Å². The normalized spacial score (nSPS) is 19.2. The lowest BCUT2D eigenvalue weighted by atomic mass is 10.00. The van der Waals surface area contributed by atoms with Crippen LogP contribution in [0.3, 0.4) is 0 Å². The second-order valence-electron chi connectivity index (χ2n) is 4.49. The molecule has 0 bridgehead atoms. The van der Waals surface area contributed by atoms with Gasteiger partial charge in [0.15, 0.2) is 0 Å². The summed E-state index contributed by atoms with van der Waals surface area (Å²) in [6.07, 6.45) is 0. The van der Waals surface area contributed by atoms with E-state index < -0.39 is 0 Å². The molecule has 3 nitrogen and oxygen atoms in total.